The van der Waals surface area contributed by atoms with Gasteiger partial charge in [0.05, 0.1) is 0 Å². The van der Waals surface area contributed by atoms with Gasteiger partial charge in [0.1, 0.15) is 5.82 Å². The number of carboxylic acid groups (broad SMARTS) is 1. The second kappa shape index (κ2) is 6.27. The van der Waals surface area contributed by atoms with Crippen molar-refractivity contribution in [2.45, 2.75) is 13.8 Å². The fraction of sp³-hybridized carbons (Fsp3) is 0.143. The number of aliphatic carboxylic acids is 1. The number of nitrogens with one attached hydrogen (secondary N) is 1. The van der Waals surface area contributed by atoms with Crippen molar-refractivity contribution in [1.29, 1.82) is 0 Å². The summed E-state index contributed by atoms with van der Waals surface area (Å²) < 4.78 is 3.99. The van der Waals surface area contributed by atoms with Gasteiger partial charge in [0.2, 0.25) is 5.13 Å². The SMILES string of the molecule is Cc1cc(/C=C/C(=O)O)cc(C(=O)Nc2nc(C)ns2)c1. The molecule has 0 aliphatic rings. The molecule has 0 aliphatic carbocycles. The first-order valence-corrected chi connectivity index (χ1v) is 6.86. The van der Waals surface area contributed by atoms with Gasteiger partial charge >= 0.3 is 5.97 Å². The lowest BCUT2D eigenvalue weighted by atomic mass is 10.1. The Morgan fingerprint density at radius 1 is 1.29 bits per heavy atom. The summed E-state index contributed by atoms with van der Waals surface area (Å²) in [7, 11) is 0. The van der Waals surface area contributed by atoms with Crippen molar-refractivity contribution < 1.29 is 14.7 Å². The molecule has 0 aliphatic heterocycles. The van der Waals surface area contributed by atoms with Crippen LogP contribution < -0.4 is 5.32 Å². The zero-order chi connectivity index (χ0) is 15.4. The summed E-state index contributed by atoms with van der Waals surface area (Å²) in [6.45, 7) is 3.58. The molecule has 1 aromatic heterocycles. The minimum absolute atomic E-state index is 0.306. The lowest BCUT2D eigenvalue weighted by Gasteiger charge is -2.04. The lowest BCUT2D eigenvalue weighted by Crippen LogP contribution is -2.12. The number of nitrogens with zero attached hydrogens (tertiary/aromatic N) is 2. The zero-order valence-corrected chi connectivity index (χ0v) is 12.3. The van der Waals surface area contributed by atoms with Gasteiger partial charge in [0, 0.05) is 23.2 Å². The van der Waals surface area contributed by atoms with Gasteiger partial charge in [0.25, 0.3) is 5.91 Å². The van der Waals surface area contributed by atoms with Gasteiger partial charge in [-0.15, -0.1) is 0 Å². The van der Waals surface area contributed by atoms with Gasteiger partial charge in [-0.05, 0) is 43.2 Å². The van der Waals surface area contributed by atoms with Crippen LogP contribution in [0.2, 0.25) is 0 Å². The first-order chi connectivity index (χ1) is 9.94. The Kier molecular flexibility index (Phi) is 4.44. The van der Waals surface area contributed by atoms with Crippen molar-refractivity contribution in [2.24, 2.45) is 0 Å². The molecule has 0 saturated heterocycles. The third kappa shape index (κ3) is 4.22. The van der Waals surface area contributed by atoms with Gasteiger partial charge in [-0.25, -0.2) is 9.78 Å². The molecular weight excluding hydrogens is 290 g/mol. The van der Waals surface area contributed by atoms with Crippen LogP contribution >= 0.6 is 11.5 Å². The molecule has 1 aromatic carbocycles. The molecule has 0 atom stereocenters. The molecule has 0 radical (unpaired) electrons. The van der Waals surface area contributed by atoms with Crippen LogP contribution in [0.1, 0.15) is 27.3 Å². The van der Waals surface area contributed by atoms with Gasteiger partial charge in [0.15, 0.2) is 0 Å². The summed E-state index contributed by atoms with van der Waals surface area (Å²) in [6.07, 6.45) is 2.48. The number of carbonyl (C=O) groups is 2. The number of benzene rings is 1. The van der Waals surface area contributed by atoms with E-state index in [1.807, 2.05) is 6.92 Å². The quantitative estimate of drug-likeness (QED) is 0.847. The molecule has 21 heavy (non-hydrogen) atoms. The second-order valence-corrected chi connectivity index (χ2v) is 5.16. The number of amides is 1. The predicted octanol–water partition coefficient (Wildman–Crippen LogP) is 2.51. The lowest BCUT2D eigenvalue weighted by molar-refractivity contribution is -0.131. The van der Waals surface area contributed by atoms with Crippen LogP contribution in [0.15, 0.2) is 24.3 Å². The molecule has 6 nitrogen and oxygen atoms in total. The highest BCUT2D eigenvalue weighted by Gasteiger charge is 2.10. The van der Waals surface area contributed by atoms with Crippen molar-refractivity contribution in [2.75, 3.05) is 5.32 Å². The summed E-state index contributed by atoms with van der Waals surface area (Å²) >= 11 is 1.11. The van der Waals surface area contributed by atoms with Gasteiger partial charge in [-0.1, -0.05) is 6.07 Å². The minimum atomic E-state index is -1.04. The molecule has 2 N–H and O–H groups in total. The second-order valence-electron chi connectivity index (χ2n) is 4.40. The average molecular weight is 303 g/mol. The molecule has 7 heteroatoms. The topological polar surface area (TPSA) is 92.2 Å². The van der Waals surface area contributed by atoms with E-state index >= 15 is 0 Å². The standard InChI is InChI=1S/C14H13N3O3S/c1-8-5-10(3-4-12(18)19)7-11(6-8)13(20)16-14-15-9(2)17-21-14/h3-7H,1-2H3,(H,18,19)(H,15,16,17,20)/b4-3+. The van der Waals surface area contributed by atoms with E-state index in [9.17, 15) is 9.59 Å². The van der Waals surface area contributed by atoms with E-state index in [1.165, 1.54) is 6.08 Å². The molecular formula is C14H13N3O3S. The highest BCUT2D eigenvalue weighted by Crippen LogP contribution is 2.15. The zero-order valence-electron chi connectivity index (χ0n) is 11.5. The van der Waals surface area contributed by atoms with Crippen molar-refractivity contribution in [1.82, 2.24) is 9.36 Å². The van der Waals surface area contributed by atoms with E-state index in [0.717, 1.165) is 23.2 Å². The summed E-state index contributed by atoms with van der Waals surface area (Å²) in [4.78, 5) is 26.8. The maximum absolute atomic E-state index is 12.2. The monoisotopic (exact) mass is 303 g/mol. The number of carboxylic acids is 1. The van der Waals surface area contributed by atoms with Gasteiger partial charge < -0.3 is 5.11 Å². The Balaban J connectivity index is 2.22. The van der Waals surface area contributed by atoms with Crippen molar-refractivity contribution in [3.8, 4) is 0 Å². The summed E-state index contributed by atoms with van der Waals surface area (Å²) in [5.74, 6) is -0.740. The predicted molar refractivity (Wildman–Crippen MR) is 80.4 cm³/mol. The fourth-order valence-electron chi connectivity index (χ4n) is 1.72. The molecule has 2 rings (SSSR count). The maximum Gasteiger partial charge on any atom is 0.328 e. The van der Waals surface area contributed by atoms with E-state index in [4.69, 9.17) is 5.11 Å². The Morgan fingerprint density at radius 3 is 2.67 bits per heavy atom. The number of anilines is 1. The number of aromatic nitrogens is 2. The Hall–Kier alpha value is -2.54. The van der Waals surface area contributed by atoms with Crippen LogP contribution in [0.25, 0.3) is 6.08 Å². The normalized spacial score (nSPS) is 10.8. The van der Waals surface area contributed by atoms with Crippen LogP contribution in [0.4, 0.5) is 5.13 Å². The largest absolute Gasteiger partial charge is 0.478 e. The smallest absolute Gasteiger partial charge is 0.328 e. The third-order valence-electron chi connectivity index (χ3n) is 2.53. The van der Waals surface area contributed by atoms with Crippen molar-refractivity contribution in [3.63, 3.8) is 0 Å². The van der Waals surface area contributed by atoms with E-state index < -0.39 is 5.97 Å². The van der Waals surface area contributed by atoms with Crippen LogP contribution in [0, 0.1) is 13.8 Å². The van der Waals surface area contributed by atoms with Crippen LogP contribution in [0.5, 0.6) is 0 Å². The van der Waals surface area contributed by atoms with E-state index in [0.29, 0.717) is 22.1 Å². The molecule has 0 bridgehead atoms. The number of hydrogen-bond donors (Lipinski definition) is 2. The van der Waals surface area contributed by atoms with Crippen LogP contribution in [0.3, 0.4) is 0 Å². The Labute approximate surface area is 125 Å². The Bertz CT molecular complexity index is 722. The molecule has 1 heterocycles. The van der Waals surface area contributed by atoms with Crippen LogP contribution in [-0.4, -0.2) is 26.3 Å². The number of rotatable bonds is 4. The number of hydrogen-bond acceptors (Lipinski definition) is 5. The maximum atomic E-state index is 12.2. The molecule has 1 amide bonds. The molecule has 0 unspecified atom stereocenters. The average Bonchev–Trinajstić information content (AvgIpc) is 2.81. The summed E-state index contributed by atoms with van der Waals surface area (Å²) in [6, 6.07) is 5.14. The van der Waals surface area contributed by atoms with Crippen LogP contribution in [-0.2, 0) is 4.79 Å². The Morgan fingerprint density at radius 2 is 2.05 bits per heavy atom. The van der Waals surface area contributed by atoms with E-state index in [1.54, 1.807) is 25.1 Å². The first-order valence-electron chi connectivity index (χ1n) is 6.08. The first kappa shape index (κ1) is 14.9. The van der Waals surface area contributed by atoms with Crippen molar-refractivity contribution >= 4 is 34.6 Å². The van der Waals surface area contributed by atoms with Gasteiger partial charge in [-0.2, -0.15) is 4.37 Å². The number of aryl methyl sites for hydroxylation is 2. The third-order valence-corrected chi connectivity index (χ3v) is 3.25. The number of carbonyl (C=O) groups excluding carboxylic acids is 1. The molecule has 2 aromatic rings. The molecule has 108 valence electrons. The highest BCUT2D eigenvalue weighted by atomic mass is 32.1. The molecule has 0 spiro atoms. The molecule has 0 saturated carbocycles. The van der Waals surface area contributed by atoms with Gasteiger partial charge in [-0.3, -0.25) is 10.1 Å². The van der Waals surface area contributed by atoms with E-state index in [2.05, 4.69) is 14.7 Å². The van der Waals surface area contributed by atoms with E-state index in [-0.39, 0.29) is 5.91 Å². The summed E-state index contributed by atoms with van der Waals surface area (Å²) in [5, 5.41) is 11.7. The summed E-state index contributed by atoms with van der Waals surface area (Å²) in [5.41, 5.74) is 1.95. The highest BCUT2D eigenvalue weighted by molar-refractivity contribution is 7.09. The fourth-order valence-corrected chi connectivity index (χ4v) is 2.30. The van der Waals surface area contributed by atoms with Crippen molar-refractivity contribution in [3.05, 3.63) is 46.8 Å². The minimum Gasteiger partial charge on any atom is -0.478 e. The molecule has 0 fully saturated rings.